The molecule has 1 fully saturated rings. The highest BCUT2D eigenvalue weighted by atomic mass is 16.5. The number of tetrazole rings is 1. The second-order valence-electron chi connectivity index (χ2n) is 6.95. The van der Waals surface area contributed by atoms with Crippen LogP contribution in [0.1, 0.15) is 22.0 Å². The normalized spacial score (nSPS) is 15.5. The molecule has 1 atom stereocenters. The van der Waals surface area contributed by atoms with Crippen LogP contribution in [-0.2, 0) is 4.74 Å². The number of aromatic nitrogens is 4. The molecule has 0 bridgehead atoms. The predicted octanol–water partition coefficient (Wildman–Crippen LogP) is 1.47. The Morgan fingerprint density at radius 1 is 1.13 bits per heavy atom. The van der Waals surface area contributed by atoms with Crippen LogP contribution in [0.2, 0.25) is 0 Å². The van der Waals surface area contributed by atoms with Gasteiger partial charge in [-0.1, -0.05) is 12.1 Å². The van der Waals surface area contributed by atoms with E-state index in [9.17, 15) is 4.79 Å². The minimum Gasteiger partial charge on any atom is -0.497 e. The van der Waals surface area contributed by atoms with Crippen molar-refractivity contribution in [1.29, 1.82) is 0 Å². The van der Waals surface area contributed by atoms with E-state index in [0.717, 1.165) is 30.1 Å². The van der Waals surface area contributed by atoms with Crippen LogP contribution in [0.15, 0.2) is 54.9 Å². The van der Waals surface area contributed by atoms with Gasteiger partial charge in [0.15, 0.2) is 0 Å². The first kappa shape index (κ1) is 20.0. The lowest BCUT2D eigenvalue weighted by molar-refractivity contribution is 0.0162. The maximum atomic E-state index is 12.7. The highest BCUT2D eigenvalue weighted by Gasteiger charge is 2.23. The third kappa shape index (κ3) is 4.64. The van der Waals surface area contributed by atoms with Gasteiger partial charge in [0.25, 0.3) is 5.91 Å². The molecule has 0 radical (unpaired) electrons. The number of amides is 1. The summed E-state index contributed by atoms with van der Waals surface area (Å²) < 4.78 is 12.3. The molecule has 2 heterocycles. The van der Waals surface area contributed by atoms with Crippen LogP contribution < -0.4 is 10.1 Å². The van der Waals surface area contributed by atoms with E-state index in [1.165, 1.54) is 6.33 Å². The lowest BCUT2D eigenvalue weighted by Crippen LogP contribution is -2.43. The van der Waals surface area contributed by atoms with Gasteiger partial charge in [-0.15, -0.1) is 5.10 Å². The largest absolute Gasteiger partial charge is 0.497 e. The molecule has 0 unspecified atom stereocenters. The van der Waals surface area contributed by atoms with Crippen molar-refractivity contribution >= 4 is 5.91 Å². The number of benzene rings is 2. The Morgan fingerprint density at radius 3 is 2.50 bits per heavy atom. The van der Waals surface area contributed by atoms with Gasteiger partial charge < -0.3 is 14.8 Å². The fourth-order valence-electron chi connectivity index (χ4n) is 3.51. The lowest BCUT2D eigenvalue weighted by atomic mass is 10.0. The van der Waals surface area contributed by atoms with E-state index >= 15 is 0 Å². The molecule has 1 N–H and O–H groups in total. The number of rotatable bonds is 7. The average molecular weight is 408 g/mol. The fraction of sp³-hybridized carbons (Fsp3) is 0.333. The Balaban J connectivity index is 1.45. The van der Waals surface area contributed by atoms with Gasteiger partial charge in [0, 0.05) is 25.2 Å². The summed E-state index contributed by atoms with van der Waals surface area (Å²) >= 11 is 0. The van der Waals surface area contributed by atoms with Crippen molar-refractivity contribution in [3.8, 4) is 11.4 Å². The Labute approximate surface area is 174 Å². The van der Waals surface area contributed by atoms with Crippen molar-refractivity contribution in [3.05, 3.63) is 66.0 Å². The third-order valence-electron chi connectivity index (χ3n) is 5.19. The van der Waals surface area contributed by atoms with Crippen molar-refractivity contribution in [2.75, 3.05) is 40.0 Å². The second-order valence-corrected chi connectivity index (χ2v) is 6.95. The van der Waals surface area contributed by atoms with Crippen molar-refractivity contribution in [1.82, 2.24) is 30.4 Å². The molecule has 9 nitrogen and oxygen atoms in total. The van der Waals surface area contributed by atoms with Crippen LogP contribution in [0.3, 0.4) is 0 Å². The molecule has 1 aliphatic heterocycles. The number of ether oxygens (including phenoxy) is 2. The average Bonchev–Trinajstić information content (AvgIpc) is 3.35. The van der Waals surface area contributed by atoms with E-state index in [1.807, 2.05) is 36.4 Å². The molecule has 1 aromatic heterocycles. The lowest BCUT2D eigenvalue weighted by Gasteiger charge is -2.35. The molecule has 1 saturated heterocycles. The number of nitrogens with zero attached hydrogens (tertiary/aromatic N) is 5. The Hall–Kier alpha value is -3.30. The van der Waals surface area contributed by atoms with Crippen LogP contribution in [-0.4, -0.2) is 71.0 Å². The van der Waals surface area contributed by atoms with Crippen molar-refractivity contribution in [2.45, 2.75) is 6.04 Å². The first-order chi connectivity index (χ1) is 14.7. The number of carbonyl (C=O) groups excluding carboxylic acids is 1. The van der Waals surface area contributed by atoms with E-state index in [1.54, 1.807) is 23.9 Å². The number of nitrogens with one attached hydrogen (secondary N) is 1. The molecule has 30 heavy (non-hydrogen) atoms. The van der Waals surface area contributed by atoms with Crippen molar-refractivity contribution < 1.29 is 14.3 Å². The number of carbonyl (C=O) groups is 1. The monoisotopic (exact) mass is 408 g/mol. The first-order valence-corrected chi connectivity index (χ1v) is 9.82. The quantitative estimate of drug-likeness (QED) is 0.633. The molecular formula is C21H24N6O3. The summed E-state index contributed by atoms with van der Waals surface area (Å²) in [6.07, 6.45) is 1.51. The minimum atomic E-state index is -0.120. The molecule has 4 rings (SSSR count). The van der Waals surface area contributed by atoms with Crippen LogP contribution in [0, 0.1) is 0 Å². The van der Waals surface area contributed by atoms with Gasteiger partial charge in [0.2, 0.25) is 0 Å². The zero-order chi connectivity index (χ0) is 20.8. The Kier molecular flexibility index (Phi) is 6.31. The van der Waals surface area contributed by atoms with Gasteiger partial charge >= 0.3 is 0 Å². The maximum Gasteiger partial charge on any atom is 0.251 e. The van der Waals surface area contributed by atoms with Gasteiger partial charge in [-0.25, -0.2) is 4.68 Å². The van der Waals surface area contributed by atoms with Crippen molar-refractivity contribution in [3.63, 3.8) is 0 Å². The van der Waals surface area contributed by atoms with Gasteiger partial charge in [-0.3, -0.25) is 9.69 Å². The van der Waals surface area contributed by atoms with Gasteiger partial charge in [0.05, 0.1) is 32.1 Å². The fourth-order valence-corrected chi connectivity index (χ4v) is 3.51. The summed E-state index contributed by atoms with van der Waals surface area (Å²) in [5.41, 5.74) is 2.51. The number of morpholine rings is 1. The smallest absolute Gasteiger partial charge is 0.251 e. The first-order valence-electron chi connectivity index (χ1n) is 9.82. The molecule has 0 spiro atoms. The third-order valence-corrected chi connectivity index (χ3v) is 5.19. The minimum absolute atomic E-state index is 0.0595. The highest BCUT2D eigenvalue weighted by molar-refractivity contribution is 5.94. The second kappa shape index (κ2) is 9.47. The Bertz CT molecular complexity index is 938. The summed E-state index contributed by atoms with van der Waals surface area (Å²) in [7, 11) is 1.65. The summed E-state index contributed by atoms with van der Waals surface area (Å²) in [4.78, 5) is 15.1. The molecule has 0 aliphatic carbocycles. The molecule has 1 amide bonds. The van der Waals surface area contributed by atoms with E-state index in [0.29, 0.717) is 25.3 Å². The van der Waals surface area contributed by atoms with Crippen LogP contribution in [0.4, 0.5) is 0 Å². The summed E-state index contributed by atoms with van der Waals surface area (Å²) in [5, 5.41) is 14.2. The summed E-state index contributed by atoms with van der Waals surface area (Å²) in [5.74, 6) is 0.691. The molecular weight excluding hydrogens is 384 g/mol. The summed E-state index contributed by atoms with van der Waals surface area (Å²) in [6.45, 7) is 3.54. The van der Waals surface area contributed by atoms with Crippen LogP contribution in [0.5, 0.6) is 5.75 Å². The van der Waals surface area contributed by atoms with E-state index in [4.69, 9.17) is 9.47 Å². The topological polar surface area (TPSA) is 94.4 Å². The molecule has 1 aliphatic rings. The highest BCUT2D eigenvalue weighted by Crippen LogP contribution is 2.24. The molecule has 2 aromatic carbocycles. The number of methoxy groups -OCH3 is 1. The molecule has 9 heteroatoms. The van der Waals surface area contributed by atoms with Crippen LogP contribution >= 0.6 is 0 Å². The molecule has 3 aromatic rings. The van der Waals surface area contributed by atoms with Gasteiger partial charge in [0.1, 0.15) is 12.1 Å². The van der Waals surface area contributed by atoms with Crippen molar-refractivity contribution in [2.24, 2.45) is 0 Å². The zero-order valence-electron chi connectivity index (χ0n) is 16.8. The zero-order valence-corrected chi connectivity index (χ0v) is 16.8. The molecule has 0 saturated carbocycles. The Morgan fingerprint density at radius 2 is 1.87 bits per heavy atom. The molecule has 156 valence electrons. The predicted molar refractivity (Wildman–Crippen MR) is 110 cm³/mol. The van der Waals surface area contributed by atoms with Gasteiger partial charge in [-0.2, -0.15) is 0 Å². The van der Waals surface area contributed by atoms with Crippen LogP contribution in [0.25, 0.3) is 5.69 Å². The maximum absolute atomic E-state index is 12.7. The van der Waals surface area contributed by atoms with Gasteiger partial charge in [-0.05, 0) is 52.4 Å². The SMILES string of the molecule is COc1ccc([C@@H](CNC(=O)c2ccc(-n3cnnn3)cc2)N2CCOCC2)cc1. The van der Waals surface area contributed by atoms with E-state index in [-0.39, 0.29) is 11.9 Å². The summed E-state index contributed by atoms with van der Waals surface area (Å²) in [6, 6.07) is 15.2. The van der Waals surface area contributed by atoms with E-state index in [2.05, 4.69) is 25.7 Å². The number of hydrogen-bond donors (Lipinski definition) is 1. The standard InChI is InChI=1S/C21H24N6O3/c1-29-19-8-4-16(5-9-19)20(26-10-12-30-13-11-26)14-22-21(28)17-2-6-18(7-3-17)27-15-23-24-25-27/h2-9,15,20H,10-14H2,1H3,(H,22,28)/t20-/m1/s1. The number of hydrogen-bond acceptors (Lipinski definition) is 7. The van der Waals surface area contributed by atoms with E-state index < -0.39 is 0 Å².